The Bertz CT molecular complexity index is 952. The third-order valence-electron chi connectivity index (χ3n) is 4.38. The number of benzene rings is 2. The Morgan fingerprint density at radius 2 is 1.85 bits per heavy atom. The van der Waals surface area contributed by atoms with Gasteiger partial charge in [0.15, 0.2) is 5.75 Å². The van der Waals surface area contributed by atoms with Crippen LogP contribution >= 0.6 is 0 Å². The Balaban J connectivity index is 2.11. The minimum Gasteiger partial charge on any atom is -0.494 e. The maximum atomic E-state index is 13.1. The average Bonchev–Trinajstić information content (AvgIpc) is 2.67. The van der Waals surface area contributed by atoms with Crippen LogP contribution in [0.4, 0.5) is 4.39 Å². The van der Waals surface area contributed by atoms with Gasteiger partial charge in [0, 0.05) is 11.6 Å². The Morgan fingerprint density at radius 1 is 1.12 bits per heavy atom. The summed E-state index contributed by atoms with van der Waals surface area (Å²) in [6, 6.07) is 10.3. The predicted octanol–water partition coefficient (Wildman–Crippen LogP) is 4.32. The van der Waals surface area contributed by atoms with Crippen LogP contribution in [-0.4, -0.2) is 25.2 Å². The van der Waals surface area contributed by atoms with Crippen LogP contribution < -0.4 is 4.74 Å². The van der Waals surface area contributed by atoms with Crippen molar-refractivity contribution in [2.75, 3.05) is 14.2 Å². The van der Waals surface area contributed by atoms with Gasteiger partial charge in [0.2, 0.25) is 0 Å². The van der Waals surface area contributed by atoms with Crippen LogP contribution in [-0.2, 0) is 17.6 Å². The van der Waals surface area contributed by atoms with E-state index in [1.807, 2.05) is 13.0 Å². The molecule has 0 aliphatic rings. The van der Waals surface area contributed by atoms with Crippen molar-refractivity contribution in [1.82, 2.24) is 4.98 Å². The van der Waals surface area contributed by atoms with E-state index in [1.165, 1.54) is 26.4 Å². The first kappa shape index (κ1) is 17.9. The number of rotatable bonds is 5. The number of carbonyl (C=O) groups is 1. The van der Waals surface area contributed by atoms with Gasteiger partial charge in [0.25, 0.3) is 0 Å². The van der Waals surface area contributed by atoms with Crippen LogP contribution in [0.5, 0.6) is 5.75 Å². The highest BCUT2D eigenvalue weighted by Gasteiger charge is 2.19. The summed E-state index contributed by atoms with van der Waals surface area (Å²) in [6.07, 6.45) is 3.15. The van der Waals surface area contributed by atoms with E-state index in [0.717, 1.165) is 28.5 Å². The molecule has 0 spiro atoms. The summed E-state index contributed by atoms with van der Waals surface area (Å²) in [7, 11) is 2.86. The summed E-state index contributed by atoms with van der Waals surface area (Å²) < 4.78 is 23.4. The Labute approximate surface area is 151 Å². The summed E-state index contributed by atoms with van der Waals surface area (Å²) in [6.45, 7) is 2.02. The van der Waals surface area contributed by atoms with Crippen LogP contribution in [0.3, 0.4) is 0 Å². The molecule has 1 heterocycles. The smallest absolute Gasteiger partial charge is 0.341 e. The molecular formula is C21H20FNO3. The number of hydrogen-bond acceptors (Lipinski definition) is 4. The Morgan fingerprint density at radius 3 is 2.46 bits per heavy atom. The van der Waals surface area contributed by atoms with Gasteiger partial charge < -0.3 is 9.47 Å². The lowest BCUT2D eigenvalue weighted by Crippen LogP contribution is -2.07. The lowest BCUT2D eigenvalue weighted by Gasteiger charge is -2.14. The molecule has 0 aliphatic carbocycles. The van der Waals surface area contributed by atoms with Gasteiger partial charge in [-0.05, 0) is 53.8 Å². The van der Waals surface area contributed by atoms with E-state index >= 15 is 0 Å². The number of esters is 1. The molecule has 0 radical (unpaired) electrons. The number of hydrogen-bond donors (Lipinski definition) is 0. The van der Waals surface area contributed by atoms with Crippen molar-refractivity contribution in [2.24, 2.45) is 0 Å². The zero-order valence-electron chi connectivity index (χ0n) is 15.0. The van der Waals surface area contributed by atoms with E-state index in [-0.39, 0.29) is 5.82 Å². The van der Waals surface area contributed by atoms with Gasteiger partial charge in [-0.25, -0.2) is 9.18 Å². The predicted molar refractivity (Wildman–Crippen MR) is 98.2 cm³/mol. The van der Waals surface area contributed by atoms with E-state index in [0.29, 0.717) is 23.3 Å². The van der Waals surface area contributed by atoms with Gasteiger partial charge in [0.05, 0.1) is 14.2 Å². The highest BCUT2D eigenvalue weighted by atomic mass is 19.1. The summed E-state index contributed by atoms with van der Waals surface area (Å²) >= 11 is 0. The molecule has 0 fully saturated rings. The van der Waals surface area contributed by atoms with Gasteiger partial charge in [-0.15, -0.1) is 0 Å². The van der Waals surface area contributed by atoms with Crippen molar-refractivity contribution in [1.29, 1.82) is 0 Å². The quantitative estimate of drug-likeness (QED) is 0.641. The summed E-state index contributed by atoms with van der Waals surface area (Å²) in [5.41, 5.74) is 4.01. The molecule has 3 aromatic rings. The first-order valence-electron chi connectivity index (χ1n) is 8.38. The Kier molecular flexibility index (Phi) is 5.16. The number of halogens is 1. The van der Waals surface area contributed by atoms with E-state index in [9.17, 15) is 9.18 Å². The fourth-order valence-corrected chi connectivity index (χ4v) is 3.07. The van der Waals surface area contributed by atoms with E-state index < -0.39 is 5.97 Å². The molecule has 0 bridgehead atoms. The van der Waals surface area contributed by atoms with Crippen LogP contribution in [0.25, 0.3) is 10.9 Å². The fourth-order valence-electron chi connectivity index (χ4n) is 3.07. The molecule has 0 saturated heterocycles. The number of aromatic nitrogens is 1. The van der Waals surface area contributed by atoms with E-state index in [1.54, 1.807) is 24.4 Å². The van der Waals surface area contributed by atoms with Gasteiger partial charge in [-0.2, -0.15) is 0 Å². The topological polar surface area (TPSA) is 48.4 Å². The number of methoxy groups -OCH3 is 2. The zero-order chi connectivity index (χ0) is 18.7. The van der Waals surface area contributed by atoms with Gasteiger partial charge in [-0.1, -0.05) is 19.1 Å². The van der Waals surface area contributed by atoms with Crippen molar-refractivity contribution < 1.29 is 18.7 Å². The molecule has 0 aliphatic heterocycles. The molecule has 134 valence electrons. The first-order valence-corrected chi connectivity index (χ1v) is 8.38. The molecule has 0 N–H and O–H groups in total. The largest absolute Gasteiger partial charge is 0.494 e. The summed E-state index contributed by atoms with van der Waals surface area (Å²) in [4.78, 5) is 16.6. The summed E-state index contributed by atoms with van der Waals surface area (Å²) in [5.74, 6) is -0.285. The van der Waals surface area contributed by atoms with Crippen LogP contribution in [0.1, 0.15) is 34.0 Å². The van der Waals surface area contributed by atoms with Gasteiger partial charge >= 0.3 is 5.97 Å². The van der Waals surface area contributed by atoms with Crippen LogP contribution in [0, 0.1) is 5.82 Å². The standard InChI is InChI=1S/C21H20FNO3/c1-4-15-11-18(21(24)26-3)20(25-2)19-17(15)10-14(12-23-19)9-13-5-7-16(22)8-6-13/h5-8,10-12H,4,9H2,1-3H3. The van der Waals surface area contributed by atoms with E-state index in [4.69, 9.17) is 9.47 Å². The first-order chi connectivity index (χ1) is 12.6. The average molecular weight is 353 g/mol. The van der Waals surface area contributed by atoms with Crippen molar-refractivity contribution in [3.8, 4) is 5.75 Å². The second kappa shape index (κ2) is 7.52. The number of pyridine rings is 1. The zero-order valence-corrected chi connectivity index (χ0v) is 15.0. The molecule has 0 unspecified atom stereocenters. The molecule has 3 rings (SSSR count). The minimum absolute atomic E-state index is 0.251. The van der Waals surface area contributed by atoms with Gasteiger partial charge in [0.1, 0.15) is 16.9 Å². The van der Waals surface area contributed by atoms with E-state index in [2.05, 4.69) is 4.98 Å². The summed E-state index contributed by atoms with van der Waals surface area (Å²) in [5, 5.41) is 0.941. The SMILES string of the molecule is CCc1cc(C(=O)OC)c(OC)c2ncc(Cc3ccc(F)cc3)cc12. The lowest BCUT2D eigenvalue weighted by atomic mass is 9.98. The molecule has 2 aromatic carbocycles. The highest BCUT2D eigenvalue weighted by Crippen LogP contribution is 2.33. The van der Waals surface area contributed by atoms with Crippen LogP contribution in [0.15, 0.2) is 42.6 Å². The normalized spacial score (nSPS) is 10.8. The molecule has 4 nitrogen and oxygen atoms in total. The minimum atomic E-state index is -0.448. The maximum Gasteiger partial charge on any atom is 0.341 e. The fraction of sp³-hybridized carbons (Fsp3) is 0.238. The van der Waals surface area contributed by atoms with Gasteiger partial charge in [-0.3, -0.25) is 4.98 Å². The third-order valence-corrected chi connectivity index (χ3v) is 4.38. The second-order valence-electron chi connectivity index (χ2n) is 6.00. The number of nitrogens with zero attached hydrogens (tertiary/aromatic N) is 1. The lowest BCUT2D eigenvalue weighted by molar-refractivity contribution is 0.0597. The number of ether oxygens (including phenoxy) is 2. The highest BCUT2D eigenvalue weighted by molar-refractivity contribution is 6.01. The maximum absolute atomic E-state index is 13.1. The Hall–Kier alpha value is -2.95. The monoisotopic (exact) mass is 353 g/mol. The van der Waals surface area contributed by atoms with Crippen molar-refractivity contribution in [3.63, 3.8) is 0 Å². The molecule has 5 heteroatoms. The number of carbonyl (C=O) groups excluding carboxylic acids is 1. The molecule has 0 saturated carbocycles. The molecule has 1 aromatic heterocycles. The van der Waals surface area contributed by atoms with Crippen LogP contribution in [0.2, 0.25) is 0 Å². The molecular weight excluding hydrogens is 333 g/mol. The number of aryl methyl sites for hydroxylation is 1. The van der Waals surface area contributed by atoms with Crippen molar-refractivity contribution in [3.05, 3.63) is 70.7 Å². The molecule has 26 heavy (non-hydrogen) atoms. The number of fused-ring (bicyclic) bond motifs is 1. The second-order valence-corrected chi connectivity index (χ2v) is 6.00. The van der Waals surface area contributed by atoms with Crippen molar-refractivity contribution in [2.45, 2.75) is 19.8 Å². The third kappa shape index (κ3) is 3.38. The molecule has 0 amide bonds. The molecule has 0 atom stereocenters. The van der Waals surface area contributed by atoms with Crippen molar-refractivity contribution >= 4 is 16.9 Å².